The maximum absolute atomic E-state index is 12.3. The van der Waals surface area contributed by atoms with E-state index in [4.69, 9.17) is 0 Å². The fourth-order valence-corrected chi connectivity index (χ4v) is 3.67. The van der Waals surface area contributed by atoms with E-state index in [0.717, 1.165) is 22.5 Å². The molecular weight excluding hydrogens is 370 g/mol. The zero-order valence-corrected chi connectivity index (χ0v) is 17.7. The SMILES string of the molecule is Cc1cc(C)cc(-n2c(SCC(=O)NC(C)(C)C)nnc2-c2ccccn2)c1. The molecule has 3 rings (SSSR count). The molecule has 1 amide bonds. The molecule has 0 bridgehead atoms. The van der Waals surface area contributed by atoms with Crippen LogP contribution in [-0.4, -0.2) is 36.9 Å². The van der Waals surface area contributed by atoms with Crippen molar-refractivity contribution in [3.63, 3.8) is 0 Å². The van der Waals surface area contributed by atoms with Crippen LogP contribution in [0, 0.1) is 13.8 Å². The second-order valence-electron chi connectivity index (χ2n) is 7.79. The smallest absolute Gasteiger partial charge is 0.230 e. The number of hydrogen-bond acceptors (Lipinski definition) is 5. The lowest BCUT2D eigenvalue weighted by Crippen LogP contribution is -2.41. The number of amides is 1. The van der Waals surface area contributed by atoms with E-state index in [1.54, 1.807) is 6.20 Å². The van der Waals surface area contributed by atoms with Gasteiger partial charge >= 0.3 is 0 Å². The summed E-state index contributed by atoms with van der Waals surface area (Å²) in [5.74, 6) is 0.888. The molecule has 7 heteroatoms. The first-order valence-corrected chi connectivity index (χ1v) is 10.1. The summed E-state index contributed by atoms with van der Waals surface area (Å²) in [5, 5.41) is 12.4. The number of aryl methyl sites for hydroxylation is 2. The fraction of sp³-hybridized carbons (Fsp3) is 0.333. The van der Waals surface area contributed by atoms with Crippen LogP contribution in [0.2, 0.25) is 0 Å². The van der Waals surface area contributed by atoms with Gasteiger partial charge in [-0.2, -0.15) is 0 Å². The number of nitrogens with one attached hydrogen (secondary N) is 1. The minimum Gasteiger partial charge on any atom is -0.351 e. The van der Waals surface area contributed by atoms with Crippen LogP contribution in [0.1, 0.15) is 31.9 Å². The van der Waals surface area contributed by atoms with E-state index in [9.17, 15) is 4.79 Å². The van der Waals surface area contributed by atoms with Crippen molar-refractivity contribution in [2.24, 2.45) is 0 Å². The molecule has 0 atom stereocenters. The molecule has 1 aromatic carbocycles. The van der Waals surface area contributed by atoms with Gasteiger partial charge in [0.25, 0.3) is 0 Å². The van der Waals surface area contributed by atoms with E-state index in [2.05, 4.69) is 52.5 Å². The number of aromatic nitrogens is 4. The summed E-state index contributed by atoms with van der Waals surface area (Å²) in [4.78, 5) is 16.7. The van der Waals surface area contributed by atoms with Crippen molar-refractivity contribution >= 4 is 17.7 Å². The molecule has 0 radical (unpaired) electrons. The van der Waals surface area contributed by atoms with Crippen LogP contribution >= 0.6 is 11.8 Å². The third kappa shape index (κ3) is 4.98. The van der Waals surface area contributed by atoms with E-state index >= 15 is 0 Å². The summed E-state index contributed by atoms with van der Waals surface area (Å²) in [6.07, 6.45) is 1.74. The molecule has 3 aromatic rings. The van der Waals surface area contributed by atoms with E-state index in [1.165, 1.54) is 11.8 Å². The Bertz CT molecular complexity index is 956. The molecular formula is C21H25N5OS. The minimum absolute atomic E-state index is 0.0353. The van der Waals surface area contributed by atoms with Crippen molar-refractivity contribution in [3.8, 4) is 17.2 Å². The Balaban J connectivity index is 1.99. The molecule has 28 heavy (non-hydrogen) atoms. The highest BCUT2D eigenvalue weighted by Crippen LogP contribution is 2.28. The summed E-state index contributed by atoms with van der Waals surface area (Å²) >= 11 is 1.37. The molecule has 0 saturated carbocycles. The summed E-state index contributed by atoms with van der Waals surface area (Å²) < 4.78 is 1.97. The fourth-order valence-electron chi connectivity index (χ4n) is 2.92. The Labute approximate surface area is 169 Å². The molecule has 0 unspecified atom stereocenters. The molecule has 6 nitrogen and oxygen atoms in total. The predicted octanol–water partition coefficient (Wildman–Crippen LogP) is 3.95. The van der Waals surface area contributed by atoms with Crippen LogP contribution in [0.3, 0.4) is 0 Å². The van der Waals surface area contributed by atoms with Crippen molar-refractivity contribution in [1.82, 2.24) is 25.1 Å². The van der Waals surface area contributed by atoms with Crippen LogP contribution in [0.15, 0.2) is 47.8 Å². The molecule has 1 N–H and O–H groups in total. The lowest BCUT2D eigenvalue weighted by molar-refractivity contribution is -0.119. The van der Waals surface area contributed by atoms with Gasteiger partial charge in [0.15, 0.2) is 11.0 Å². The van der Waals surface area contributed by atoms with Gasteiger partial charge in [0.2, 0.25) is 5.91 Å². The predicted molar refractivity (Wildman–Crippen MR) is 113 cm³/mol. The molecule has 0 aliphatic rings. The number of pyridine rings is 1. The first kappa shape index (κ1) is 20.1. The van der Waals surface area contributed by atoms with Crippen LogP contribution in [0.5, 0.6) is 0 Å². The highest BCUT2D eigenvalue weighted by Gasteiger charge is 2.20. The molecule has 0 aliphatic carbocycles. The average molecular weight is 396 g/mol. The Morgan fingerprint density at radius 3 is 2.43 bits per heavy atom. The number of benzene rings is 1. The lowest BCUT2D eigenvalue weighted by atomic mass is 10.1. The lowest BCUT2D eigenvalue weighted by Gasteiger charge is -2.20. The van der Waals surface area contributed by atoms with Gasteiger partial charge in [-0.15, -0.1) is 10.2 Å². The molecule has 0 aliphatic heterocycles. The second-order valence-corrected chi connectivity index (χ2v) is 8.73. The first-order chi connectivity index (χ1) is 13.2. The van der Waals surface area contributed by atoms with E-state index in [1.807, 2.05) is 43.5 Å². The Hall–Kier alpha value is -2.67. The number of hydrogen-bond donors (Lipinski definition) is 1. The Morgan fingerprint density at radius 2 is 1.82 bits per heavy atom. The second kappa shape index (κ2) is 8.14. The van der Waals surface area contributed by atoms with Gasteiger partial charge in [-0.1, -0.05) is 23.9 Å². The minimum atomic E-state index is -0.266. The summed E-state index contributed by atoms with van der Waals surface area (Å²) in [6, 6.07) is 12.0. The van der Waals surface area contributed by atoms with Gasteiger partial charge in [-0.05, 0) is 70.0 Å². The molecule has 0 saturated heterocycles. The number of rotatable bonds is 5. The topological polar surface area (TPSA) is 72.7 Å². The molecule has 146 valence electrons. The standard InChI is InChI=1S/C21H25N5OS/c1-14-10-15(2)12-16(11-14)26-19(17-8-6-7-9-22-17)24-25-20(26)28-13-18(27)23-21(3,4)5/h6-12H,13H2,1-5H3,(H,23,27). The maximum atomic E-state index is 12.3. The quantitative estimate of drug-likeness (QED) is 0.662. The number of thioether (sulfide) groups is 1. The third-order valence-electron chi connectivity index (χ3n) is 3.84. The third-order valence-corrected chi connectivity index (χ3v) is 4.77. The summed E-state index contributed by atoms with van der Waals surface area (Å²) in [5.41, 5.74) is 3.73. The van der Waals surface area contributed by atoms with Crippen molar-refractivity contribution < 1.29 is 4.79 Å². The van der Waals surface area contributed by atoms with E-state index in [0.29, 0.717) is 11.0 Å². The average Bonchev–Trinajstić information content (AvgIpc) is 3.02. The van der Waals surface area contributed by atoms with Gasteiger partial charge in [-0.25, -0.2) is 0 Å². The highest BCUT2D eigenvalue weighted by molar-refractivity contribution is 7.99. The normalized spacial score (nSPS) is 11.5. The van der Waals surface area contributed by atoms with E-state index < -0.39 is 0 Å². The van der Waals surface area contributed by atoms with Gasteiger partial charge in [0, 0.05) is 11.7 Å². The van der Waals surface area contributed by atoms with Gasteiger partial charge in [-0.3, -0.25) is 14.3 Å². The summed E-state index contributed by atoms with van der Waals surface area (Å²) in [6.45, 7) is 10.0. The highest BCUT2D eigenvalue weighted by atomic mass is 32.2. The molecule has 0 spiro atoms. The van der Waals surface area contributed by atoms with Crippen LogP contribution < -0.4 is 5.32 Å². The van der Waals surface area contributed by atoms with Gasteiger partial charge < -0.3 is 5.32 Å². The largest absolute Gasteiger partial charge is 0.351 e. The molecule has 2 aromatic heterocycles. The van der Waals surface area contributed by atoms with Crippen LogP contribution in [0.25, 0.3) is 17.2 Å². The zero-order chi connectivity index (χ0) is 20.3. The van der Waals surface area contributed by atoms with E-state index in [-0.39, 0.29) is 17.2 Å². The maximum Gasteiger partial charge on any atom is 0.230 e. The first-order valence-electron chi connectivity index (χ1n) is 9.12. The summed E-state index contributed by atoms with van der Waals surface area (Å²) in [7, 11) is 0. The van der Waals surface area contributed by atoms with Crippen molar-refractivity contribution in [2.45, 2.75) is 45.3 Å². The molecule has 2 heterocycles. The van der Waals surface area contributed by atoms with Crippen molar-refractivity contribution in [1.29, 1.82) is 0 Å². The Morgan fingerprint density at radius 1 is 1.11 bits per heavy atom. The number of carbonyl (C=O) groups excluding carboxylic acids is 1. The van der Waals surface area contributed by atoms with Crippen LogP contribution in [-0.2, 0) is 4.79 Å². The number of carbonyl (C=O) groups is 1. The number of nitrogens with zero attached hydrogens (tertiary/aromatic N) is 4. The van der Waals surface area contributed by atoms with Gasteiger partial charge in [0.05, 0.1) is 11.4 Å². The Kier molecular flexibility index (Phi) is 5.84. The van der Waals surface area contributed by atoms with Gasteiger partial charge in [0.1, 0.15) is 5.69 Å². The van der Waals surface area contributed by atoms with Crippen LogP contribution in [0.4, 0.5) is 0 Å². The monoisotopic (exact) mass is 395 g/mol. The molecule has 0 fully saturated rings. The zero-order valence-electron chi connectivity index (χ0n) is 16.9. The van der Waals surface area contributed by atoms with Crippen molar-refractivity contribution in [3.05, 3.63) is 53.7 Å². The van der Waals surface area contributed by atoms with Crippen molar-refractivity contribution in [2.75, 3.05) is 5.75 Å².